The topological polar surface area (TPSA) is 50.7 Å². The highest BCUT2D eigenvalue weighted by Gasteiger charge is 2.30. The van der Waals surface area contributed by atoms with Gasteiger partial charge in [-0.15, -0.1) is 5.10 Å². The van der Waals surface area contributed by atoms with Crippen LogP contribution in [0.25, 0.3) is 10.9 Å². The van der Waals surface area contributed by atoms with Crippen molar-refractivity contribution < 1.29 is 13.2 Å². The summed E-state index contributed by atoms with van der Waals surface area (Å²) in [5, 5.41) is 12.1. The SMILES string of the molecule is Cc1nnc(NC(C)c2cccc(C(F)(F)F)c2)c2cccnc12. The molecular weight excluding hydrogens is 317 g/mol. The third-order valence-corrected chi connectivity index (χ3v) is 3.77. The Balaban J connectivity index is 1.94. The third-order valence-electron chi connectivity index (χ3n) is 3.77. The fourth-order valence-corrected chi connectivity index (χ4v) is 2.49. The summed E-state index contributed by atoms with van der Waals surface area (Å²) in [6.45, 7) is 3.58. The third kappa shape index (κ3) is 3.15. The minimum absolute atomic E-state index is 0.368. The standard InChI is InChI=1S/C17H15F3N4/c1-10(12-5-3-6-13(9-12)17(18,19)20)22-16-14-7-4-8-21-15(14)11(2)23-24-16/h3-10H,1-2H3,(H,22,24). The molecule has 0 saturated carbocycles. The second kappa shape index (κ2) is 6.07. The number of hydrogen-bond acceptors (Lipinski definition) is 4. The molecule has 2 heterocycles. The first-order chi connectivity index (χ1) is 11.4. The number of nitrogens with one attached hydrogen (secondary N) is 1. The minimum Gasteiger partial charge on any atom is -0.361 e. The average Bonchev–Trinajstić information content (AvgIpc) is 2.57. The van der Waals surface area contributed by atoms with Gasteiger partial charge in [0.1, 0.15) is 0 Å². The van der Waals surface area contributed by atoms with E-state index in [9.17, 15) is 13.2 Å². The summed E-state index contributed by atoms with van der Waals surface area (Å²) >= 11 is 0. The van der Waals surface area contributed by atoms with E-state index in [1.165, 1.54) is 6.07 Å². The van der Waals surface area contributed by atoms with Crippen LogP contribution < -0.4 is 5.32 Å². The van der Waals surface area contributed by atoms with E-state index >= 15 is 0 Å². The highest BCUT2D eigenvalue weighted by Crippen LogP contribution is 2.31. The Labute approximate surface area is 136 Å². The molecule has 24 heavy (non-hydrogen) atoms. The molecule has 1 unspecified atom stereocenters. The Hall–Kier alpha value is -2.70. The van der Waals surface area contributed by atoms with E-state index in [1.807, 2.05) is 13.0 Å². The second-order valence-electron chi connectivity index (χ2n) is 5.52. The van der Waals surface area contributed by atoms with E-state index in [0.717, 1.165) is 17.5 Å². The predicted molar refractivity (Wildman–Crippen MR) is 85.6 cm³/mol. The monoisotopic (exact) mass is 332 g/mol. The molecule has 0 bridgehead atoms. The largest absolute Gasteiger partial charge is 0.416 e. The number of fused-ring (bicyclic) bond motifs is 1. The number of nitrogens with zero attached hydrogens (tertiary/aromatic N) is 3. The van der Waals surface area contributed by atoms with E-state index in [2.05, 4.69) is 20.5 Å². The fourth-order valence-electron chi connectivity index (χ4n) is 2.49. The molecule has 1 aromatic carbocycles. The maximum Gasteiger partial charge on any atom is 0.416 e. The van der Waals surface area contributed by atoms with Gasteiger partial charge >= 0.3 is 6.18 Å². The molecule has 0 amide bonds. The van der Waals surface area contributed by atoms with Crippen molar-refractivity contribution in [3.8, 4) is 0 Å². The molecule has 0 aliphatic heterocycles. The molecule has 0 aliphatic rings. The first-order valence-corrected chi connectivity index (χ1v) is 7.38. The molecular formula is C17H15F3N4. The molecule has 0 aliphatic carbocycles. The lowest BCUT2D eigenvalue weighted by Crippen LogP contribution is -2.12. The lowest BCUT2D eigenvalue weighted by Gasteiger charge is -2.17. The van der Waals surface area contributed by atoms with Crippen molar-refractivity contribution in [2.75, 3.05) is 5.32 Å². The highest BCUT2D eigenvalue weighted by atomic mass is 19.4. The zero-order chi connectivity index (χ0) is 17.3. The molecule has 3 aromatic rings. The quantitative estimate of drug-likeness (QED) is 0.766. The van der Waals surface area contributed by atoms with Gasteiger partial charge in [-0.1, -0.05) is 12.1 Å². The first-order valence-electron chi connectivity index (χ1n) is 7.38. The molecule has 3 rings (SSSR count). The summed E-state index contributed by atoms with van der Waals surface area (Å²) in [5.74, 6) is 0.494. The Morgan fingerprint density at radius 1 is 1.08 bits per heavy atom. The second-order valence-corrected chi connectivity index (χ2v) is 5.52. The van der Waals surface area contributed by atoms with Gasteiger partial charge in [0.25, 0.3) is 0 Å². The molecule has 1 N–H and O–H groups in total. The number of halogens is 3. The zero-order valence-corrected chi connectivity index (χ0v) is 13.1. The van der Waals surface area contributed by atoms with E-state index in [4.69, 9.17) is 0 Å². The number of anilines is 1. The van der Waals surface area contributed by atoms with Gasteiger partial charge in [0.05, 0.1) is 22.8 Å². The number of rotatable bonds is 3. The van der Waals surface area contributed by atoms with Crippen molar-refractivity contribution in [2.24, 2.45) is 0 Å². The maximum atomic E-state index is 12.9. The average molecular weight is 332 g/mol. The number of hydrogen-bond donors (Lipinski definition) is 1. The molecule has 0 fully saturated rings. The molecule has 0 saturated heterocycles. The van der Waals surface area contributed by atoms with Crippen LogP contribution in [-0.4, -0.2) is 15.2 Å². The molecule has 2 aromatic heterocycles. The number of alkyl halides is 3. The van der Waals surface area contributed by atoms with Crippen LogP contribution in [0.2, 0.25) is 0 Å². The van der Waals surface area contributed by atoms with Crippen LogP contribution in [0, 0.1) is 6.92 Å². The van der Waals surface area contributed by atoms with E-state index in [0.29, 0.717) is 22.6 Å². The van der Waals surface area contributed by atoms with Gasteiger partial charge in [0, 0.05) is 11.6 Å². The van der Waals surface area contributed by atoms with E-state index < -0.39 is 11.7 Å². The lowest BCUT2D eigenvalue weighted by atomic mass is 10.0. The Morgan fingerprint density at radius 3 is 2.62 bits per heavy atom. The van der Waals surface area contributed by atoms with Crippen LogP contribution in [0.3, 0.4) is 0 Å². The van der Waals surface area contributed by atoms with Crippen molar-refractivity contribution >= 4 is 16.7 Å². The molecule has 124 valence electrons. The van der Waals surface area contributed by atoms with Crippen molar-refractivity contribution in [1.29, 1.82) is 0 Å². The van der Waals surface area contributed by atoms with E-state index in [-0.39, 0.29) is 6.04 Å². The summed E-state index contributed by atoms with van der Waals surface area (Å²) in [6, 6.07) is 8.51. The molecule has 1 atom stereocenters. The van der Waals surface area contributed by atoms with Crippen molar-refractivity contribution in [1.82, 2.24) is 15.2 Å². The molecule has 0 radical (unpaired) electrons. The lowest BCUT2D eigenvalue weighted by molar-refractivity contribution is -0.137. The van der Waals surface area contributed by atoms with Crippen LogP contribution in [0.4, 0.5) is 19.0 Å². The van der Waals surface area contributed by atoms with Gasteiger partial charge < -0.3 is 5.32 Å². The van der Waals surface area contributed by atoms with Crippen LogP contribution in [0.1, 0.15) is 29.8 Å². The van der Waals surface area contributed by atoms with Crippen LogP contribution >= 0.6 is 0 Å². The highest BCUT2D eigenvalue weighted by molar-refractivity contribution is 5.89. The van der Waals surface area contributed by atoms with Gasteiger partial charge in [-0.3, -0.25) is 4.98 Å². The summed E-state index contributed by atoms with van der Waals surface area (Å²) in [6.07, 6.45) is -2.70. The van der Waals surface area contributed by atoms with Crippen molar-refractivity contribution in [2.45, 2.75) is 26.1 Å². The zero-order valence-electron chi connectivity index (χ0n) is 13.1. The Morgan fingerprint density at radius 2 is 1.88 bits per heavy atom. The van der Waals surface area contributed by atoms with Crippen molar-refractivity contribution in [3.63, 3.8) is 0 Å². The first kappa shape index (κ1) is 16.2. The molecule has 0 spiro atoms. The Kier molecular flexibility index (Phi) is 4.09. The summed E-state index contributed by atoms with van der Waals surface area (Å²) in [5.41, 5.74) is 1.26. The minimum atomic E-state index is -4.37. The fraction of sp³-hybridized carbons (Fsp3) is 0.235. The summed E-state index contributed by atoms with van der Waals surface area (Å²) < 4.78 is 38.6. The van der Waals surface area contributed by atoms with Gasteiger partial charge in [-0.25, -0.2) is 0 Å². The Bertz CT molecular complexity index is 877. The van der Waals surface area contributed by atoms with Gasteiger partial charge in [-0.2, -0.15) is 18.3 Å². The van der Waals surface area contributed by atoms with Crippen LogP contribution in [-0.2, 0) is 6.18 Å². The smallest absolute Gasteiger partial charge is 0.361 e. The molecule has 7 heteroatoms. The van der Waals surface area contributed by atoms with Gasteiger partial charge in [-0.05, 0) is 43.7 Å². The van der Waals surface area contributed by atoms with Crippen LogP contribution in [0.5, 0.6) is 0 Å². The number of aromatic nitrogens is 3. The predicted octanol–water partition coefficient (Wildman–Crippen LogP) is 4.53. The summed E-state index contributed by atoms with van der Waals surface area (Å²) in [4.78, 5) is 4.28. The number of benzene rings is 1. The number of pyridine rings is 1. The van der Waals surface area contributed by atoms with Crippen LogP contribution in [0.15, 0.2) is 42.6 Å². The van der Waals surface area contributed by atoms with Gasteiger partial charge in [0.2, 0.25) is 0 Å². The maximum absolute atomic E-state index is 12.9. The molecule has 4 nitrogen and oxygen atoms in total. The van der Waals surface area contributed by atoms with E-state index in [1.54, 1.807) is 25.3 Å². The van der Waals surface area contributed by atoms with Crippen molar-refractivity contribution in [3.05, 3.63) is 59.4 Å². The normalized spacial score (nSPS) is 13.0. The van der Waals surface area contributed by atoms with Gasteiger partial charge in [0.15, 0.2) is 5.82 Å². The summed E-state index contributed by atoms with van der Waals surface area (Å²) in [7, 11) is 0. The number of aryl methyl sites for hydroxylation is 1.